The Balaban J connectivity index is 2.90. The number of carbonyl (C=O) groups excluding carboxylic acids is 1. The second-order valence-electron chi connectivity index (χ2n) is 3.46. The van der Waals surface area contributed by atoms with Gasteiger partial charge in [0.05, 0.1) is 12.1 Å². The lowest BCUT2D eigenvalue weighted by Crippen LogP contribution is -2.31. The SMILES string of the molecule is CO[C@H](c1ccc(C(N)=O)cc1)[C@H](N)CF. The molecule has 0 saturated heterocycles. The number of primary amides is 1. The standard InChI is InChI=1S/C11H15FN2O2/c1-16-10(9(13)6-12)7-2-4-8(5-3-7)11(14)15/h2-5,9-10H,6,13H2,1H3,(H2,14,15)/t9-,10-/m1/s1. The van der Waals surface area contributed by atoms with Gasteiger partial charge in [0, 0.05) is 12.7 Å². The first-order chi connectivity index (χ1) is 7.60. The smallest absolute Gasteiger partial charge is 0.248 e. The zero-order valence-corrected chi connectivity index (χ0v) is 9.02. The first kappa shape index (κ1) is 12.6. The van der Waals surface area contributed by atoms with Gasteiger partial charge in [-0.1, -0.05) is 12.1 Å². The molecule has 1 aromatic carbocycles. The largest absolute Gasteiger partial charge is 0.375 e. The number of rotatable bonds is 5. The van der Waals surface area contributed by atoms with Crippen molar-refractivity contribution in [1.82, 2.24) is 0 Å². The van der Waals surface area contributed by atoms with Crippen LogP contribution >= 0.6 is 0 Å². The monoisotopic (exact) mass is 226 g/mol. The van der Waals surface area contributed by atoms with Gasteiger partial charge in [-0.3, -0.25) is 4.79 Å². The molecule has 0 heterocycles. The Hall–Kier alpha value is -1.46. The van der Waals surface area contributed by atoms with Crippen molar-refractivity contribution in [3.05, 3.63) is 35.4 Å². The number of hydrogen-bond donors (Lipinski definition) is 2. The minimum atomic E-state index is -0.718. The van der Waals surface area contributed by atoms with Crippen LogP contribution in [-0.2, 0) is 4.74 Å². The number of benzene rings is 1. The number of nitrogens with two attached hydrogens (primary N) is 2. The van der Waals surface area contributed by atoms with Crippen LogP contribution in [0.25, 0.3) is 0 Å². The molecule has 0 aliphatic heterocycles. The molecule has 1 aromatic rings. The number of alkyl halides is 1. The van der Waals surface area contributed by atoms with Gasteiger partial charge in [-0.2, -0.15) is 0 Å². The van der Waals surface area contributed by atoms with Crippen molar-refractivity contribution >= 4 is 5.91 Å². The normalized spacial score (nSPS) is 14.4. The maximum absolute atomic E-state index is 12.4. The average Bonchev–Trinajstić information content (AvgIpc) is 2.30. The van der Waals surface area contributed by atoms with Crippen LogP contribution in [0.1, 0.15) is 22.0 Å². The summed E-state index contributed by atoms with van der Waals surface area (Å²) in [4.78, 5) is 10.8. The van der Waals surface area contributed by atoms with E-state index >= 15 is 0 Å². The molecule has 0 spiro atoms. The topological polar surface area (TPSA) is 78.3 Å². The van der Waals surface area contributed by atoms with E-state index in [0.717, 1.165) is 5.56 Å². The van der Waals surface area contributed by atoms with Crippen LogP contribution in [0.3, 0.4) is 0 Å². The van der Waals surface area contributed by atoms with E-state index in [1.807, 2.05) is 0 Å². The summed E-state index contributed by atoms with van der Waals surface area (Å²) >= 11 is 0. The van der Waals surface area contributed by atoms with E-state index in [0.29, 0.717) is 5.56 Å². The van der Waals surface area contributed by atoms with Crippen molar-refractivity contribution in [3.63, 3.8) is 0 Å². The average molecular weight is 226 g/mol. The van der Waals surface area contributed by atoms with Gasteiger partial charge in [-0.25, -0.2) is 4.39 Å². The fourth-order valence-corrected chi connectivity index (χ4v) is 1.48. The lowest BCUT2D eigenvalue weighted by molar-refractivity contribution is 0.0720. The highest BCUT2D eigenvalue weighted by atomic mass is 19.1. The first-order valence-electron chi connectivity index (χ1n) is 4.84. The summed E-state index contributed by atoms with van der Waals surface area (Å²) in [5.41, 5.74) is 11.8. The molecule has 88 valence electrons. The van der Waals surface area contributed by atoms with Gasteiger partial charge < -0.3 is 16.2 Å². The molecular weight excluding hydrogens is 211 g/mol. The molecule has 5 heteroatoms. The number of halogens is 1. The highest BCUT2D eigenvalue weighted by Crippen LogP contribution is 2.20. The van der Waals surface area contributed by atoms with Crippen LogP contribution in [0, 0.1) is 0 Å². The summed E-state index contributed by atoms with van der Waals surface area (Å²) in [6.07, 6.45) is -0.521. The molecule has 0 fully saturated rings. The fraction of sp³-hybridized carbons (Fsp3) is 0.364. The molecule has 0 saturated carbocycles. The molecule has 1 amide bonds. The van der Waals surface area contributed by atoms with E-state index in [-0.39, 0.29) is 0 Å². The van der Waals surface area contributed by atoms with E-state index in [4.69, 9.17) is 16.2 Å². The zero-order chi connectivity index (χ0) is 12.1. The summed E-state index contributed by atoms with van der Waals surface area (Å²) < 4.78 is 17.5. The maximum atomic E-state index is 12.4. The van der Waals surface area contributed by atoms with Crippen LogP contribution in [-0.4, -0.2) is 25.7 Å². The predicted octanol–water partition coefficient (Wildman–Crippen LogP) is 0.770. The van der Waals surface area contributed by atoms with Gasteiger partial charge >= 0.3 is 0 Å². The lowest BCUT2D eigenvalue weighted by Gasteiger charge is -2.20. The minimum Gasteiger partial charge on any atom is -0.375 e. The summed E-state index contributed by atoms with van der Waals surface area (Å²) in [5, 5.41) is 0. The van der Waals surface area contributed by atoms with Gasteiger partial charge in [-0.05, 0) is 17.7 Å². The van der Waals surface area contributed by atoms with Crippen molar-refractivity contribution in [1.29, 1.82) is 0 Å². The lowest BCUT2D eigenvalue weighted by atomic mass is 10.0. The number of methoxy groups -OCH3 is 1. The van der Waals surface area contributed by atoms with Crippen molar-refractivity contribution in [3.8, 4) is 0 Å². The Kier molecular flexibility index (Phi) is 4.39. The van der Waals surface area contributed by atoms with Crippen LogP contribution in [0.4, 0.5) is 4.39 Å². The number of ether oxygens (including phenoxy) is 1. The Labute approximate surface area is 93.4 Å². The molecule has 0 unspecified atom stereocenters. The predicted molar refractivity (Wildman–Crippen MR) is 58.7 cm³/mol. The summed E-state index contributed by atoms with van der Waals surface area (Å²) in [6, 6.07) is 5.72. The fourth-order valence-electron chi connectivity index (χ4n) is 1.48. The highest BCUT2D eigenvalue weighted by molar-refractivity contribution is 5.92. The van der Waals surface area contributed by atoms with E-state index < -0.39 is 24.7 Å². The second kappa shape index (κ2) is 5.58. The van der Waals surface area contributed by atoms with Gasteiger partial charge in [-0.15, -0.1) is 0 Å². The molecular formula is C11H15FN2O2. The van der Waals surface area contributed by atoms with Crippen molar-refractivity contribution < 1.29 is 13.9 Å². The van der Waals surface area contributed by atoms with Crippen molar-refractivity contribution in [2.75, 3.05) is 13.8 Å². The third kappa shape index (κ3) is 2.77. The number of amides is 1. The Morgan fingerprint density at radius 2 is 2.00 bits per heavy atom. The molecule has 4 N–H and O–H groups in total. The summed E-state index contributed by atoms with van der Waals surface area (Å²) in [7, 11) is 1.46. The molecule has 16 heavy (non-hydrogen) atoms. The maximum Gasteiger partial charge on any atom is 0.248 e. The van der Waals surface area contributed by atoms with Gasteiger partial charge in [0.1, 0.15) is 6.67 Å². The molecule has 2 atom stereocenters. The summed E-state index contributed by atoms with van der Waals surface area (Å²) in [6.45, 7) is -0.671. The van der Waals surface area contributed by atoms with E-state index in [1.54, 1.807) is 24.3 Å². The molecule has 0 aliphatic carbocycles. The van der Waals surface area contributed by atoms with Gasteiger partial charge in [0.2, 0.25) is 5.91 Å². The van der Waals surface area contributed by atoms with Crippen molar-refractivity contribution in [2.24, 2.45) is 11.5 Å². The Morgan fingerprint density at radius 3 is 2.38 bits per heavy atom. The van der Waals surface area contributed by atoms with Crippen LogP contribution in [0.15, 0.2) is 24.3 Å². The molecule has 0 bridgehead atoms. The molecule has 0 radical (unpaired) electrons. The Morgan fingerprint density at radius 1 is 1.44 bits per heavy atom. The van der Waals surface area contributed by atoms with Crippen LogP contribution in [0.2, 0.25) is 0 Å². The summed E-state index contributed by atoms with van der Waals surface area (Å²) in [5.74, 6) is -0.504. The Bertz CT molecular complexity index is 354. The second-order valence-corrected chi connectivity index (χ2v) is 3.46. The van der Waals surface area contributed by atoms with E-state index in [2.05, 4.69) is 0 Å². The van der Waals surface area contributed by atoms with Gasteiger partial charge in [0.25, 0.3) is 0 Å². The van der Waals surface area contributed by atoms with E-state index in [1.165, 1.54) is 7.11 Å². The molecule has 1 rings (SSSR count). The minimum absolute atomic E-state index is 0.396. The van der Waals surface area contributed by atoms with E-state index in [9.17, 15) is 9.18 Å². The zero-order valence-electron chi connectivity index (χ0n) is 9.02. The number of carbonyl (C=O) groups is 1. The molecule has 4 nitrogen and oxygen atoms in total. The highest BCUT2D eigenvalue weighted by Gasteiger charge is 2.19. The number of hydrogen-bond acceptors (Lipinski definition) is 3. The first-order valence-corrected chi connectivity index (χ1v) is 4.84. The third-order valence-electron chi connectivity index (χ3n) is 2.34. The van der Waals surface area contributed by atoms with Gasteiger partial charge in [0.15, 0.2) is 0 Å². The quantitative estimate of drug-likeness (QED) is 0.778. The molecule has 0 aliphatic rings. The third-order valence-corrected chi connectivity index (χ3v) is 2.34. The van der Waals surface area contributed by atoms with Crippen LogP contribution < -0.4 is 11.5 Å². The van der Waals surface area contributed by atoms with Crippen molar-refractivity contribution in [2.45, 2.75) is 12.1 Å². The molecule has 0 aromatic heterocycles. The van der Waals surface area contributed by atoms with Crippen LogP contribution in [0.5, 0.6) is 0 Å².